The van der Waals surface area contributed by atoms with E-state index in [0.717, 1.165) is 28.2 Å². The molecule has 0 spiro atoms. The number of nitrogens with one attached hydrogen (secondary N) is 1. The van der Waals surface area contributed by atoms with Crippen molar-refractivity contribution >= 4 is 17.5 Å². The Balaban J connectivity index is 2.07. The molecule has 0 aliphatic carbocycles. The van der Waals surface area contributed by atoms with Gasteiger partial charge in [-0.3, -0.25) is 9.59 Å². The predicted octanol–water partition coefficient (Wildman–Crippen LogP) is 3.68. The Morgan fingerprint density at radius 2 is 1.73 bits per heavy atom. The summed E-state index contributed by atoms with van der Waals surface area (Å²) in [6.45, 7) is 3.06. The molecule has 4 nitrogen and oxygen atoms in total. The van der Waals surface area contributed by atoms with Gasteiger partial charge in [-0.1, -0.05) is 35.9 Å². The first-order valence-corrected chi connectivity index (χ1v) is 7.94. The van der Waals surface area contributed by atoms with Gasteiger partial charge in [0.05, 0.1) is 5.56 Å². The minimum absolute atomic E-state index is 0.0258. The number of alkyl halides is 3. The maximum absolute atomic E-state index is 12.8. The third-order valence-corrected chi connectivity index (χ3v) is 3.78. The third-order valence-electron chi connectivity index (χ3n) is 3.78. The normalized spacial score (nSPS) is 11.1. The number of anilines is 1. The van der Waals surface area contributed by atoms with Gasteiger partial charge >= 0.3 is 6.18 Å². The van der Waals surface area contributed by atoms with Crippen LogP contribution in [0.1, 0.15) is 23.6 Å². The molecule has 0 atom stereocenters. The first-order valence-electron chi connectivity index (χ1n) is 7.94. The summed E-state index contributed by atoms with van der Waals surface area (Å²) >= 11 is 0. The molecule has 0 aliphatic rings. The summed E-state index contributed by atoms with van der Waals surface area (Å²) in [5.74, 6) is -0.979. The molecule has 0 radical (unpaired) electrons. The summed E-state index contributed by atoms with van der Waals surface area (Å²) in [6.07, 6.45) is -4.52. The summed E-state index contributed by atoms with van der Waals surface area (Å²) < 4.78 is 38.5. The standard InChI is InChI=1S/C19H19F3N2O2/c1-13-6-8-15(9-7-13)11-23-18(26)12-24(14(2)25)17-5-3-4-16(10-17)19(20,21)22/h3-10H,11-12H2,1-2H3,(H,23,26). The molecule has 138 valence electrons. The van der Waals surface area contributed by atoms with Crippen molar-refractivity contribution in [3.63, 3.8) is 0 Å². The van der Waals surface area contributed by atoms with E-state index < -0.39 is 23.6 Å². The van der Waals surface area contributed by atoms with Gasteiger partial charge in [0, 0.05) is 19.2 Å². The molecule has 1 N–H and O–H groups in total. The highest BCUT2D eigenvalue weighted by Gasteiger charge is 2.31. The number of hydrogen-bond acceptors (Lipinski definition) is 2. The molecule has 0 saturated heterocycles. The van der Waals surface area contributed by atoms with Crippen LogP contribution in [0.15, 0.2) is 48.5 Å². The fraction of sp³-hybridized carbons (Fsp3) is 0.263. The number of hydrogen-bond donors (Lipinski definition) is 1. The van der Waals surface area contributed by atoms with Gasteiger partial charge in [0.2, 0.25) is 11.8 Å². The van der Waals surface area contributed by atoms with E-state index in [1.54, 1.807) is 0 Å². The van der Waals surface area contributed by atoms with E-state index in [2.05, 4.69) is 5.32 Å². The second kappa shape index (κ2) is 8.03. The Bertz CT molecular complexity index is 786. The second-order valence-electron chi connectivity index (χ2n) is 5.92. The Hall–Kier alpha value is -2.83. The quantitative estimate of drug-likeness (QED) is 0.880. The molecular formula is C19H19F3N2O2. The van der Waals surface area contributed by atoms with Crippen molar-refractivity contribution in [1.82, 2.24) is 5.32 Å². The highest BCUT2D eigenvalue weighted by molar-refractivity contribution is 5.97. The lowest BCUT2D eigenvalue weighted by atomic mass is 10.1. The van der Waals surface area contributed by atoms with Crippen LogP contribution in [0.5, 0.6) is 0 Å². The SMILES string of the molecule is CC(=O)N(CC(=O)NCc1ccc(C)cc1)c1cccc(C(F)(F)F)c1. The fourth-order valence-electron chi connectivity index (χ4n) is 2.34. The molecule has 0 heterocycles. The lowest BCUT2D eigenvalue weighted by Crippen LogP contribution is -2.39. The van der Waals surface area contributed by atoms with E-state index in [1.807, 2.05) is 31.2 Å². The monoisotopic (exact) mass is 364 g/mol. The molecule has 2 rings (SSSR count). The van der Waals surface area contributed by atoms with Crippen molar-refractivity contribution in [2.75, 3.05) is 11.4 Å². The minimum Gasteiger partial charge on any atom is -0.350 e. The molecule has 0 aromatic heterocycles. The zero-order valence-electron chi connectivity index (χ0n) is 14.4. The van der Waals surface area contributed by atoms with Gasteiger partial charge in [0.1, 0.15) is 6.54 Å². The third kappa shape index (κ3) is 5.34. The first-order chi connectivity index (χ1) is 12.2. The van der Waals surface area contributed by atoms with Crippen LogP contribution >= 0.6 is 0 Å². The van der Waals surface area contributed by atoms with Crippen LogP contribution in [-0.4, -0.2) is 18.4 Å². The predicted molar refractivity (Wildman–Crippen MR) is 92.5 cm³/mol. The maximum Gasteiger partial charge on any atom is 0.416 e. The summed E-state index contributed by atoms with van der Waals surface area (Å²) in [5.41, 5.74) is 1.13. The molecule has 0 fully saturated rings. The van der Waals surface area contributed by atoms with Crippen LogP contribution in [-0.2, 0) is 22.3 Å². The summed E-state index contributed by atoms with van der Waals surface area (Å²) in [6, 6.07) is 11.9. The van der Waals surface area contributed by atoms with Crippen LogP contribution in [0.4, 0.5) is 18.9 Å². The largest absolute Gasteiger partial charge is 0.416 e. The van der Waals surface area contributed by atoms with Crippen LogP contribution in [0.25, 0.3) is 0 Å². The number of halogens is 3. The summed E-state index contributed by atoms with van der Waals surface area (Å²) in [7, 11) is 0. The van der Waals surface area contributed by atoms with E-state index >= 15 is 0 Å². The Labute approximate surface area is 149 Å². The van der Waals surface area contributed by atoms with Crippen LogP contribution in [0.3, 0.4) is 0 Å². The molecule has 2 amide bonds. The van der Waals surface area contributed by atoms with Crippen LogP contribution < -0.4 is 10.2 Å². The zero-order valence-corrected chi connectivity index (χ0v) is 14.4. The molecule has 0 unspecified atom stereocenters. The van der Waals surface area contributed by atoms with Crippen molar-refractivity contribution in [3.8, 4) is 0 Å². The van der Waals surface area contributed by atoms with Crippen molar-refractivity contribution in [2.45, 2.75) is 26.6 Å². The van der Waals surface area contributed by atoms with Gasteiger partial charge in [-0.2, -0.15) is 13.2 Å². The molecule has 7 heteroatoms. The molecule has 2 aromatic rings. The molecular weight excluding hydrogens is 345 g/mol. The Morgan fingerprint density at radius 1 is 1.08 bits per heavy atom. The van der Waals surface area contributed by atoms with E-state index in [-0.39, 0.29) is 18.8 Å². The Kier molecular flexibility index (Phi) is 6.02. The van der Waals surface area contributed by atoms with Crippen molar-refractivity contribution < 1.29 is 22.8 Å². The van der Waals surface area contributed by atoms with Gasteiger partial charge in [-0.15, -0.1) is 0 Å². The highest BCUT2D eigenvalue weighted by atomic mass is 19.4. The van der Waals surface area contributed by atoms with Gasteiger partial charge in [0.25, 0.3) is 0 Å². The topological polar surface area (TPSA) is 49.4 Å². The van der Waals surface area contributed by atoms with Gasteiger partial charge in [0.15, 0.2) is 0 Å². The molecule has 2 aromatic carbocycles. The number of carbonyl (C=O) groups is 2. The van der Waals surface area contributed by atoms with E-state index in [0.29, 0.717) is 0 Å². The number of benzene rings is 2. The number of amides is 2. The molecule has 0 bridgehead atoms. The second-order valence-corrected chi connectivity index (χ2v) is 5.92. The number of nitrogens with zero attached hydrogens (tertiary/aromatic N) is 1. The number of rotatable bonds is 5. The number of aryl methyl sites for hydroxylation is 1. The lowest BCUT2D eigenvalue weighted by molar-refractivity contribution is -0.137. The highest BCUT2D eigenvalue weighted by Crippen LogP contribution is 2.31. The van der Waals surface area contributed by atoms with Gasteiger partial charge in [-0.25, -0.2) is 0 Å². The zero-order chi connectivity index (χ0) is 19.3. The molecule has 26 heavy (non-hydrogen) atoms. The van der Waals surface area contributed by atoms with Crippen molar-refractivity contribution in [2.24, 2.45) is 0 Å². The van der Waals surface area contributed by atoms with Gasteiger partial charge < -0.3 is 10.2 Å². The van der Waals surface area contributed by atoms with Gasteiger partial charge in [-0.05, 0) is 30.7 Å². The van der Waals surface area contributed by atoms with E-state index in [9.17, 15) is 22.8 Å². The smallest absolute Gasteiger partial charge is 0.350 e. The average molecular weight is 364 g/mol. The summed E-state index contributed by atoms with van der Waals surface area (Å²) in [5, 5.41) is 2.66. The average Bonchev–Trinajstić information content (AvgIpc) is 2.58. The van der Waals surface area contributed by atoms with Crippen molar-refractivity contribution in [3.05, 3.63) is 65.2 Å². The minimum atomic E-state index is -4.52. The Morgan fingerprint density at radius 3 is 2.31 bits per heavy atom. The van der Waals surface area contributed by atoms with Crippen LogP contribution in [0.2, 0.25) is 0 Å². The van der Waals surface area contributed by atoms with Crippen LogP contribution in [0, 0.1) is 6.92 Å². The summed E-state index contributed by atoms with van der Waals surface area (Å²) in [4.78, 5) is 25.0. The van der Waals surface area contributed by atoms with E-state index in [1.165, 1.54) is 19.1 Å². The van der Waals surface area contributed by atoms with E-state index in [4.69, 9.17) is 0 Å². The number of carbonyl (C=O) groups excluding carboxylic acids is 2. The lowest BCUT2D eigenvalue weighted by Gasteiger charge is -2.21. The first kappa shape index (κ1) is 19.5. The molecule has 0 saturated carbocycles. The fourth-order valence-corrected chi connectivity index (χ4v) is 2.34. The maximum atomic E-state index is 12.8. The van der Waals surface area contributed by atoms with Crippen molar-refractivity contribution in [1.29, 1.82) is 0 Å². The molecule has 0 aliphatic heterocycles.